The van der Waals surface area contributed by atoms with E-state index in [9.17, 15) is 10.1 Å². The van der Waals surface area contributed by atoms with E-state index in [2.05, 4.69) is 20.7 Å². The average molecular weight is 264 g/mol. The molecule has 2 fully saturated rings. The molecule has 0 saturated heterocycles. The maximum atomic E-state index is 11.1. The number of hydrazine groups is 1. The third-order valence-corrected chi connectivity index (χ3v) is 3.70. The molecule has 8 heteroatoms. The third kappa shape index (κ3) is 2.43. The molecule has 2 saturated carbocycles. The van der Waals surface area contributed by atoms with Crippen molar-refractivity contribution in [1.82, 2.24) is 9.97 Å². The van der Waals surface area contributed by atoms with Gasteiger partial charge in [0.1, 0.15) is 6.33 Å². The van der Waals surface area contributed by atoms with Crippen LogP contribution in [0.5, 0.6) is 0 Å². The first-order chi connectivity index (χ1) is 9.20. The molecule has 0 spiro atoms. The average Bonchev–Trinajstić information content (AvgIpc) is 3.28. The Morgan fingerprint density at radius 1 is 1.26 bits per heavy atom. The highest BCUT2D eigenvalue weighted by atomic mass is 16.6. The second kappa shape index (κ2) is 4.61. The van der Waals surface area contributed by atoms with Gasteiger partial charge in [-0.1, -0.05) is 0 Å². The van der Waals surface area contributed by atoms with Crippen molar-refractivity contribution in [2.75, 3.05) is 10.7 Å². The summed E-state index contributed by atoms with van der Waals surface area (Å²) >= 11 is 0. The van der Waals surface area contributed by atoms with E-state index in [1.165, 1.54) is 32.0 Å². The predicted molar refractivity (Wildman–Crippen MR) is 69.4 cm³/mol. The fourth-order valence-corrected chi connectivity index (χ4v) is 2.45. The van der Waals surface area contributed by atoms with Gasteiger partial charge in [-0.15, -0.1) is 0 Å². The van der Waals surface area contributed by atoms with Gasteiger partial charge in [-0.2, -0.15) is 0 Å². The number of anilines is 2. The van der Waals surface area contributed by atoms with Crippen molar-refractivity contribution < 1.29 is 4.92 Å². The highest BCUT2D eigenvalue weighted by molar-refractivity contribution is 5.69. The third-order valence-electron chi connectivity index (χ3n) is 3.70. The molecular weight excluding hydrogens is 248 g/mol. The van der Waals surface area contributed by atoms with Gasteiger partial charge in [0.25, 0.3) is 0 Å². The SMILES string of the molecule is NNc1ncnc(NC(C2CC2)C2CC2)c1[N+](=O)[O-]. The summed E-state index contributed by atoms with van der Waals surface area (Å²) < 4.78 is 0. The number of nitrogen functional groups attached to an aromatic ring is 1. The molecular formula is C11H16N6O2. The van der Waals surface area contributed by atoms with E-state index in [0.29, 0.717) is 17.9 Å². The molecule has 0 bridgehead atoms. The summed E-state index contributed by atoms with van der Waals surface area (Å²) in [5, 5.41) is 14.4. The molecule has 0 atom stereocenters. The van der Waals surface area contributed by atoms with Gasteiger partial charge < -0.3 is 10.7 Å². The standard InChI is InChI=1S/C11H16N6O2/c12-16-11-9(17(18)19)10(13-5-14-11)15-8(6-1-2-6)7-3-4-7/h5-8H,1-4,12H2,(H2,13,14,15,16). The minimum Gasteiger partial charge on any atom is -0.361 e. The lowest BCUT2D eigenvalue weighted by molar-refractivity contribution is -0.383. The topological polar surface area (TPSA) is 119 Å². The van der Waals surface area contributed by atoms with Gasteiger partial charge in [-0.05, 0) is 37.5 Å². The largest absolute Gasteiger partial charge is 0.361 e. The smallest absolute Gasteiger partial charge is 0.354 e. The first-order valence-corrected chi connectivity index (χ1v) is 6.43. The number of nitro groups is 1. The molecule has 1 aromatic rings. The van der Waals surface area contributed by atoms with Gasteiger partial charge in [0.2, 0.25) is 11.6 Å². The molecule has 0 amide bonds. The lowest BCUT2D eigenvalue weighted by Crippen LogP contribution is -2.26. The summed E-state index contributed by atoms with van der Waals surface area (Å²) in [6.07, 6.45) is 6.04. The monoisotopic (exact) mass is 264 g/mol. The van der Waals surface area contributed by atoms with Gasteiger partial charge in [0.05, 0.1) is 4.92 Å². The summed E-state index contributed by atoms with van der Waals surface area (Å²) in [6, 6.07) is 0.291. The minimum atomic E-state index is -0.506. The Labute approximate surface area is 109 Å². The molecule has 2 aliphatic rings. The van der Waals surface area contributed by atoms with Gasteiger partial charge in [0.15, 0.2) is 0 Å². The summed E-state index contributed by atoms with van der Waals surface area (Å²) in [4.78, 5) is 18.4. The number of hydrogen-bond acceptors (Lipinski definition) is 7. The Balaban J connectivity index is 1.88. The quantitative estimate of drug-likeness (QED) is 0.402. The van der Waals surface area contributed by atoms with Crippen molar-refractivity contribution in [3.63, 3.8) is 0 Å². The molecule has 4 N–H and O–H groups in total. The van der Waals surface area contributed by atoms with Crippen LogP contribution in [0.3, 0.4) is 0 Å². The molecule has 102 valence electrons. The van der Waals surface area contributed by atoms with E-state index in [0.717, 1.165) is 0 Å². The molecule has 0 unspecified atom stereocenters. The van der Waals surface area contributed by atoms with Crippen LogP contribution in [0.15, 0.2) is 6.33 Å². The van der Waals surface area contributed by atoms with Crippen molar-refractivity contribution in [2.24, 2.45) is 17.7 Å². The molecule has 8 nitrogen and oxygen atoms in total. The van der Waals surface area contributed by atoms with Gasteiger partial charge in [-0.25, -0.2) is 15.8 Å². The van der Waals surface area contributed by atoms with Crippen molar-refractivity contribution in [1.29, 1.82) is 0 Å². The van der Waals surface area contributed by atoms with E-state index in [-0.39, 0.29) is 17.3 Å². The number of hydrogen-bond donors (Lipinski definition) is 3. The van der Waals surface area contributed by atoms with E-state index >= 15 is 0 Å². The number of aromatic nitrogens is 2. The zero-order chi connectivity index (χ0) is 13.4. The van der Waals surface area contributed by atoms with Crippen LogP contribution in [0.1, 0.15) is 25.7 Å². The lowest BCUT2D eigenvalue weighted by Gasteiger charge is -2.18. The fraction of sp³-hybridized carbons (Fsp3) is 0.636. The van der Waals surface area contributed by atoms with Crippen molar-refractivity contribution in [3.8, 4) is 0 Å². The minimum absolute atomic E-state index is 0.0350. The van der Waals surface area contributed by atoms with Crippen LogP contribution in [-0.2, 0) is 0 Å². The molecule has 3 rings (SSSR count). The molecule has 2 aliphatic carbocycles. The van der Waals surface area contributed by atoms with Crippen LogP contribution >= 0.6 is 0 Å². The van der Waals surface area contributed by atoms with E-state index in [1.54, 1.807) is 0 Å². The molecule has 0 radical (unpaired) electrons. The molecule has 1 heterocycles. The summed E-state index contributed by atoms with van der Waals surface area (Å²) in [5.74, 6) is 6.80. The van der Waals surface area contributed by atoms with E-state index < -0.39 is 4.92 Å². The van der Waals surface area contributed by atoms with Crippen LogP contribution in [0, 0.1) is 22.0 Å². The summed E-state index contributed by atoms with van der Waals surface area (Å²) in [5.41, 5.74) is 2.06. The second-order valence-electron chi connectivity index (χ2n) is 5.17. The maximum absolute atomic E-state index is 11.1. The molecule has 0 aliphatic heterocycles. The fourth-order valence-electron chi connectivity index (χ4n) is 2.45. The number of nitrogens with one attached hydrogen (secondary N) is 2. The highest BCUT2D eigenvalue weighted by Crippen LogP contribution is 2.46. The second-order valence-corrected chi connectivity index (χ2v) is 5.17. The Kier molecular flexibility index (Phi) is 2.94. The van der Waals surface area contributed by atoms with Gasteiger partial charge in [0, 0.05) is 6.04 Å². The Morgan fingerprint density at radius 3 is 2.32 bits per heavy atom. The first kappa shape index (κ1) is 12.1. The van der Waals surface area contributed by atoms with Crippen molar-refractivity contribution >= 4 is 17.3 Å². The lowest BCUT2D eigenvalue weighted by atomic mass is 10.1. The Morgan fingerprint density at radius 2 is 1.84 bits per heavy atom. The Bertz CT molecular complexity index is 488. The summed E-state index contributed by atoms with van der Waals surface area (Å²) in [7, 11) is 0. The van der Waals surface area contributed by atoms with Gasteiger partial charge in [-0.3, -0.25) is 10.1 Å². The van der Waals surface area contributed by atoms with Crippen LogP contribution in [0.4, 0.5) is 17.3 Å². The molecule has 19 heavy (non-hydrogen) atoms. The number of nitrogens with zero attached hydrogens (tertiary/aromatic N) is 3. The number of rotatable bonds is 6. The van der Waals surface area contributed by atoms with Crippen molar-refractivity contribution in [2.45, 2.75) is 31.7 Å². The maximum Gasteiger partial charge on any atom is 0.354 e. The predicted octanol–water partition coefficient (Wildman–Crippen LogP) is 1.27. The normalized spacial score (nSPS) is 18.4. The van der Waals surface area contributed by atoms with Crippen LogP contribution in [0.2, 0.25) is 0 Å². The Hall–Kier alpha value is -1.96. The first-order valence-electron chi connectivity index (χ1n) is 6.43. The van der Waals surface area contributed by atoms with E-state index in [1.807, 2.05) is 0 Å². The van der Waals surface area contributed by atoms with Crippen LogP contribution in [-0.4, -0.2) is 20.9 Å². The zero-order valence-corrected chi connectivity index (χ0v) is 10.4. The molecule has 1 aromatic heterocycles. The van der Waals surface area contributed by atoms with E-state index in [4.69, 9.17) is 5.84 Å². The van der Waals surface area contributed by atoms with Crippen LogP contribution < -0.4 is 16.6 Å². The molecule has 0 aromatic carbocycles. The zero-order valence-electron chi connectivity index (χ0n) is 10.4. The van der Waals surface area contributed by atoms with Gasteiger partial charge >= 0.3 is 5.69 Å². The van der Waals surface area contributed by atoms with Crippen LogP contribution in [0.25, 0.3) is 0 Å². The summed E-state index contributed by atoms with van der Waals surface area (Å²) in [6.45, 7) is 0. The highest BCUT2D eigenvalue weighted by Gasteiger charge is 2.42. The number of nitrogens with two attached hydrogens (primary N) is 1. The van der Waals surface area contributed by atoms with Crippen molar-refractivity contribution in [3.05, 3.63) is 16.4 Å².